The third-order valence-electron chi connectivity index (χ3n) is 6.74. The SMILES string of the molecule is C=Nc1cc(Nc2ncnc3cc(-c4cnn(C)c4)cc(OC4CCN(C(=O)OC(C)(C)C)CC4)c23)ccc1SC. The number of aryl methyl sites for hydroxylation is 1. The van der Waals surface area contributed by atoms with Crippen molar-refractivity contribution in [2.24, 2.45) is 12.0 Å². The van der Waals surface area contributed by atoms with Gasteiger partial charge in [-0.25, -0.2) is 14.8 Å². The number of carbonyl (C=O) groups is 1. The molecule has 1 aliphatic heterocycles. The molecule has 5 rings (SSSR count). The van der Waals surface area contributed by atoms with Crippen molar-refractivity contribution in [3.63, 3.8) is 0 Å². The minimum Gasteiger partial charge on any atom is -0.489 e. The second-order valence-electron chi connectivity index (χ2n) is 10.9. The zero-order valence-corrected chi connectivity index (χ0v) is 24.9. The first kappa shape index (κ1) is 28.4. The standard InChI is InChI=1S/C30H35N7O3S/c1-30(2,3)40-29(38)37-11-9-22(10-12-37)39-25-14-19(20-16-34-36(5)17-20)13-24-27(25)28(33-18-32-24)35-21-7-8-26(41-6)23(15-21)31-4/h7-8,13-18,22H,4,9-12H2,1-3,5-6H3,(H,32,33,35). The van der Waals surface area contributed by atoms with Gasteiger partial charge in [0.15, 0.2) is 0 Å². The van der Waals surface area contributed by atoms with E-state index in [4.69, 9.17) is 9.47 Å². The van der Waals surface area contributed by atoms with Crippen LogP contribution in [0.5, 0.6) is 5.75 Å². The molecule has 2 aromatic carbocycles. The molecule has 0 unspecified atom stereocenters. The van der Waals surface area contributed by atoms with E-state index in [1.54, 1.807) is 27.7 Å². The van der Waals surface area contributed by atoms with Crippen molar-refractivity contribution in [2.45, 2.75) is 50.2 Å². The molecule has 1 saturated heterocycles. The lowest BCUT2D eigenvalue weighted by atomic mass is 10.0. The second kappa shape index (κ2) is 11.8. The Kier molecular flexibility index (Phi) is 8.16. The van der Waals surface area contributed by atoms with Gasteiger partial charge in [-0.1, -0.05) is 0 Å². The average Bonchev–Trinajstić information content (AvgIpc) is 3.38. The number of nitrogens with one attached hydrogen (secondary N) is 1. The van der Waals surface area contributed by atoms with Gasteiger partial charge in [-0.05, 0) is 69.6 Å². The van der Waals surface area contributed by atoms with Crippen LogP contribution < -0.4 is 10.1 Å². The first-order valence-electron chi connectivity index (χ1n) is 13.5. The molecule has 214 valence electrons. The largest absolute Gasteiger partial charge is 0.489 e. The number of fused-ring (bicyclic) bond motifs is 1. The highest BCUT2D eigenvalue weighted by molar-refractivity contribution is 7.98. The molecule has 0 spiro atoms. The van der Waals surface area contributed by atoms with Crippen molar-refractivity contribution in [2.75, 3.05) is 24.7 Å². The van der Waals surface area contributed by atoms with Gasteiger partial charge >= 0.3 is 6.09 Å². The summed E-state index contributed by atoms with van der Waals surface area (Å²) in [6.45, 7) is 10.5. The first-order valence-corrected chi connectivity index (χ1v) is 14.7. The maximum absolute atomic E-state index is 12.6. The minimum atomic E-state index is -0.530. The van der Waals surface area contributed by atoms with Gasteiger partial charge in [-0.3, -0.25) is 9.67 Å². The zero-order valence-electron chi connectivity index (χ0n) is 24.0. The quantitative estimate of drug-likeness (QED) is 0.195. The lowest BCUT2D eigenvalue weighted by Gasteiger charge is -2.33. The summed E-state index contributed by atoms with van der Waals surface area (Å²) in [4.78, 5) is 28.7. The van der Waals surface area contributed by atoms with Crippen LogP contribution in [-0.2, 0) is 11.8 Å². The highest BCUT2D eigenvalue weighted by atomic mass is 32.2. The average molecular weight is 574 g/mol. The number of carbonyl (C=O) groups excluding carboxylic acids is 1. The molecular formula is C30H35N7O3S. The smallest absolute Gasteiger partial charge is 0.410 e. The van der Waals surface area contributed by atoms with Crippen LogP contribution in [0.15, 0.2) is 58.9 Å². The Hall–Kier alpha value is -4.12. The van der Waals surface area contributed by atoms with Gasteiger partial charge in [-0.2, -0.15) is 5.10 Å². The van der Waals surface area contributed by atoms with Crippen LogP contribution in [0.3, 0.4) is 0 Å². The molecule has 2 aromatic heterocycles. The van der Waals surface area contributed by atoms with Gasteiger partial charge in [0.05, 0.1) is 22.8 Å². The zero-order chi connectivity index (χ0) is 29.1. The number of likely N-dealkylation sites (tertiary alicyclic amines) is 1. The number of hydrogen-bond acceptors (Lipinski definition) is 9. The van der Waals surface area contributed by atoms with E-state index in [9.17, 15) is 4.79 Å². The van der Waals surface area contributed by atoms with Gasteiger partial charge in [0.2, 0.25) is 0 Å². The molecule has 41 heavy (non-hydrogen) atoms. The summed E-state index contributed by atoms with van der Waals surface area (Å²) in [7, 11) is 1.89. The summed E-state index contributed by atoms with van der Waals surface area (Å²) < 4.78 is 14.0. The maximum Gasteiger partial charge on any atom is 0.410 e. The van der Waals surface area contributed by atoms with Crippen LogP contribution in [0.4, 0.5) is 22.0 Å². The molecule has 3 heterocycles. The summed E-state index contributed by atoms with van der Waals surface area (Å²) in [6, 6.07) is 9.98. The van der Waals surface area contributed by atoms with E-state index in [-0.39, 0.29) is 12.2 Å². The van der Waals surface area contributed by atoms with E-state index in [0.717, 1.165) is 38.3 Å². The molecule has 1 N–H and O–H groups in total. The Morgan fingerprint density at radius 1 is 1.15 bits per heavy atom. The maximum atomic E-state index is 12.6. The van der Waals surface area contributed by atoms with Crippen molar-refractivity contribution in [1.82, 2.24) is 24.6 Å². The predicted octanol–water partition coefficient (Wildman–Crippen LogP) is 6.61. The van der Waals surface area contributed by atoms with Crippen LogP contribution in [0.1, 0.15) is 33.6 Å². The highest BCUT2D eigenvalue weighted by Gasteiger charge is 2.28. The normalized spacial score (nSPS) is 14.2. The molecule has 4 aromatic rings. The molecule has 0 radical (unpaired) electrons. The number of benzene rings is 2. The third-order valence-corrected chi connectivity index (χ3v) is 7.52. The topological polar surface area (TPSA) is 107 Å². The van der Waals surface area contributed by atoms with Crippen molar-refractivity contribution in [3.8, 4) is 16.9 Å². The van der Waals surface area contributed by atoms with Crippen molar-refractivity contribution in [3.05, 3.63) is 49.1 Å². The van der Waals surface area contributed by atoms with Gasteiger partial charge in [-0.15, -0.1) is 11.8 Å². The Labute approximate surface area is 244 Å². The lowest BCUT2D eigenvalue weighted by molar-refractivity contribution is 0.0128. The number of ether oxygens (including phenoxy) is 2. The summed E-state index contributed by atoms with van der Waals surface area (Å²) >= 11 is 1.62. The summed E-state index contributed by atoms with van der Waals surface area (Å²) in [5.74, 6) is 1.30. The Bertz CT molecular complexity index is 1570. The Morgan fingerprint density at radius 3 is 2.59 bits per heavy atom. The molecule has 0 atom stereocenters. The van der Waals surface area contributed by atoms with Crippen LogP contribution in [0, 0.1) is 0 Å². The highest BCUT2D eigenvalue weighted by Crippen LogP contribution is 2.38. The first-order chi connectivity index (χ1) is 19.6. The fourth-order valence-electron chi connectivity index (χ4n) is 4.77. The number of aliphatic imine (C=N–C) groups is 1. The predicted molar refractivity (Wildman–Crippen MR) is 164 cm³/mol. The number of piperidine rings is 1. The van der Waals surface area contributed by atoms with Crippen molar-refractivity contribution < 1.29 is 14.3 Å². The lowest BCUT2D eigenvalue weighted by Crippen LogP contribution is -2.44. The van der Waals surface area contributed by atoms with E-state index in [0.29, 0.717) is 37.5 Å². The van der Waals surface area contributed by atoms with Gasteiger partial charge in [0, 0.05) is 55.3 Å². The molecule has 1 amide bonds. The van der Waals surface area contributed by atoms with Crippen LogP contribution in [0.25, 0.3) is 22.0 Å². The number of thioether (sulfide) groups is 1. The van der Waals surface area contributed by atoms with E-state index >= 15 is 0 Å². The Morgan fingerprint density at radius 2 is 1.93 bits per heavy atom. The molecule has 10 nitrogen and oxygen atoms in total. The minimum absolute atomic E-state index is 0.0912. The van der Waals surface area contributed by atoms with E-state index in [1.165, 1.54) is 0 Å². The van der Waals surface area contributed by atoms with Gasteiger partial charge in [0.1, 0.15) is 29.6 Å². The monoisotopic (exact) mass is 573 g/mol. The van der Waals surface area contributed by atoms with E-state index in [1.807, 2.05) is 76.8 Å². The van der Waals surface area contributed by atoms with Gasteiger partial charge in [0.25, 0.3) is 0 Å². The van der Waals surface area contributed by atoms with Gasteiger partial charge < -0.3 is 19.7 Å². The van der Waals surface area contributed by atoms with Crippen molar-refractivity contribution >= 4 is 52.7 Å². The van der Waals surface area contributed by atoms with Crippen LogP contribution >= 0.6 is 11.8 Å². The number of hydrogen-bond donors (Lipinski definition) is 1. The Balaban J connectivity index is 1.47. The number of amides is 1. The second-order valence-corrected chi connectivity index (χ2v) is 11.8. The molecule has 0 saturated carbocycles. The molecular weight excluding hydrogens is 538 g/mol. The summed E-state index contributed by atoms with van der Waals surface area (Å²) in [6.07, 6.45) is 8.31. The molecule has 1 fully saturated rings. The number of nitrogens with zero attached hydrogens (tertiary/aromatic N) is 6. The van der Waals surface area contributed by atoms with Crippen molar-refractivity contribution in [1.29, 1.82) is 0 Å². The molecule has 0 bridgehead atoms. The fraction of sp³-hybridized carbons (Fsp3) is 0.367. The fourth-order valence-corrected chi connectivity index (χ4v) is 5.31. The number of rotatable bonds is 7. The van der Waals surface area contributed by atoms with E-state index < -0.39 is 5.60 Å². The van der Waals surface area contributed by atoms with Crippen LogP contribution in [0.2, 0.25) is 0 Å². The molecule has 1 aliphatic rings. The summed E-state index contributed by atoms with van der Waals surface area (Å²) in [5, 5.41) is 8.56. The van der Waals surface area contributed by atoms with Crippen LogP contribution in [-0.4, -0.2) is 68.5 Å². The third kappa shape index (κ3) is 6.62. The summed E-state index contributed by atoms with van der Waals surface area (Å²) in [5.41, 5.74) is 3.75. The number of anilines is 2. The molecule has 11 heteroatoms. The number of aromatic nitrogens is 4. The van der Waals surface area contributed by atoms with E-state index in [2.05, 4.69) is 32.1 Å². The molecule has 0 aliphatic carbocycles.